The topological polar surface area (TPSA) is 44.7 Å². The summed E-state index contributed by atoms with van der Waals surface area (Å²) < 4.78 is 25.3. The number of fused-ring (bicyclic) bond motifs is 9. The van der Waals surface area contributed by atoms with Crippen LogP contribution >= 0.6 is 0 Å². The summed E-state index contributed by atoms with van der Waals surface area (Å²) in [5.74, 6) is 0.714. The zero-order valence-electron chi connectivity index (χ0n) is 23.7. The van der Waals surface area contributed by atoms with Crippen LogP contribution in [0, 0.1) is 0 Å². The molecule has 0 aliphatic carbocycles. The summed E-state index contributed by atoms with van der Waals surface area (Å²) in [5.41, 5.74) is 9.86. The van der Waals surface area contributed by atoms with Crippen LogP contribution in [0.2, 0.25) is 0 Å². The van der Waals surface area contributed by atoms with Crippen molar-refractivity contribution >= 4 is 43.9 Å². The maximum absolute atomic E-state index is 6.47. The molecule has 9 rings (SSSR count). The summed E-state index contributed by atoms with van der Waals surface area (Å²) in [6, 6.07) is 41.7. The third kappa shape index (κ3) is 3.70. The molecule has 0 saturated heterocycles. The zero-order chi connectivity index (χ0) is 28.7. The molecule has 0 radical (unpaired) electrons. The summed E-state index contributed by atoms with van der Waals surface area (Å²) in [7, 11) is 0. The molecule has 8 aromatic rings. The van der Waals surface area contributed by atoms with Gasteiger partial charge in [0, 0.05) is 46.5 Å². The second kappa shape index (κ2) is 8.76. The molecule has 0 fully saturated rings. The molecule has 3 heterocycles. The predicted molar refractivity (Wildman–Crippen MR) is 173 cm³/mol. The van der Waals surface area contributed by atoms with E-state index in [9.17, 15) is 0 Å². The first kappa shape index (κ1) is 24.2. The Kier molecular flexibility index (Phi) is 4.92. The van der Waals surface area contributed by atoms with Gasteiger partial charge < -0.3 is 18.3 Å². The Bertz CT molecular complexity index is 2220. The molecule has 1 aliphatic rings. The third-order valence-corrected chi connectivity index (χ3v) is 8.39. The van der Waals surface area contributed by atoms with Crippen molar-refractivity contribution in [3.63, 3.8) is 0 Å². The summed E-state index contributed by atoms with van der Waals surface area (Å²) in [6.45, 7) is 3.90. The Morgan fingerprint density at radius 3 is 1.35 bits per heavy atom. The Hall–Kier alpha value is -5.48. The van der Waals surface area contributed by atoms with Gasteiger partial charge in [0.1, 0.15) is 33.8 Å². The SMILES string of the molecule is CC1(C)Oc2ccc(-c3cccc4oc5ccccc5c34)cc2-c2cc(-c3cccc4oc5ccccc5c34)ccc2O1. The van der Waals surface area contributed by atoms with Crippen molar-refractivity contribution in [2.24, 2.45) is 0 Å². The minimum Gasteiger partial charge on any atom is -0.456 e. The highest BCUT2D eigenvalue weighted by Gasteiger charge is 2.30. The van der Waals surface area contributed by atoms with Crippen LogP contribution in [0.25, 0.3) is 77.3 Å². The minimum absolute atomic E-state index is 0.779. The molecule has 4 heteroatoms. The molecule has 43 heavy (non-hydrogen) atoms. The number of rotatable bonds is 2. The fourth-order valence-corrected chi connectivity index (χ4v) is 6.57. The van der Waals surface area contributed by atoms with Crippen LogP contribution in [0.15, 0.2) is 130 Å². The van der Waals surface area contributed by atoms with Crippen molar-refractivity contribution in [2.75, 3.05) is 0 Å². The lowest BCUT2D eigenvalue weighted by atomic mass is 9.92. The van der Waals surface area contributed by atoms with E-state index in [0.29, 0.717) is 0 Å². The molecular weight excluding hydrogens is 532 g/mol. The smallest absolute Gasteiger partial charge is 0.245 e. The first-order valence-corrected chi connectivity index (χ1v) is 14.5. The van der Waals surface area contributed by atoms with Crippen LogP contribution < -0.4 is 9.47 Å². The van der Waals surface area contributed by atoms with Crippen molar-refractivity contribution in [3.8, 4) is 44.9 Å². The van der Waals surface area contributed by atoms with Crippen LogP contribution in [0.3, 0.4) is 0 Å². The van der Waals surface area contributed by atoms with Crippen molar-refractivity contribution < 1.29 is 18.3 Å². The molecular formula is C39H26O4. The van der Waals surface area contributed by atoms with E-state index in [1.807, 2.05) is 50.2 Å². The van der Waals surface area contributed by atoms with E-state index in [0.717, 1.165) is 88.8 Å². The summed E-state index contributed by atoms with van der Waals surface area (Å²) in [6.07, 6.45) is 0. The largest absolute Gasteiger partial charge is 0.456 e. The Morgan fingerprint density at radius 1 is 0.419 bits per heavy atom. The minimum atomic E-state index is -0.843. The van der Waals surface area contributed by atoms with Crippen LogP contribution in [0.1, 0.15) is 13.8 Å². The van der Waals surface area contributed by atoms with Gasteiger partial charge in [0.25, 0.3) is 0 Å². The van der Waals surface area contributed by atoms with Crippen LogP contribution in [-0.4, -0.2) is 5.79 Å². The molecule has 0 saturated carbocycles. The second-order valence-electron chi connectivity index (χ2n) is 11.6. The number of benzene rings is 6. The molecule has 0 bridgehead atoms. The van der Waals surface area contributed by atoms with E-state index in [1.54, 1.807) is 0 Å². The molecule has 0 spiro atoms. The van der Waals surface area contributed by atoms with Crippen molar-refractivity contribution in [3.05, 3.63) is 121 Å². The van der Waals surface area contributed by atoms with Crippen LogP contribution in [-0.2, 0) is 0 Å². The normalized spacial score (nSPS) is 13.9. The van der Waals surface area contributed by atoms with Gasteiger partial charge in [-0.15, -0.1) is 0 Å². The van der Waals surface area contributed by atoms with Crippen LogP contribution in [0.4, 0.5) is 0 Å². The lowest BCUT2D eigenvalue weighted by Gasteiger charge is -2.25. The standard InChI is InChI=1S/C39H26O4/c1-39(2)42-33-19-17-23(25-11-7-15-35-37(25)27-9-3-5-13-31(27)40-35)21-29(33)30-22-24(18-20-34(30)43-39)26-12-8-16-36-38(26)28-10-4-6-14-32(28)41-36/h3-22H,1-2H3. The molecule has 0 N–H and O–H groups in total. The molecule has 0 unspecified atom stereocenters. The number of para-hydroxylation sites is 2. The highest BCUT2D eigenvalue weighted by atomic mass is 16.7. The fourth-order valence-electron chi connectivity index (χ4n) is 6.57. The number of ether oxygens (including phenoxy) is 2. The predicted octanol–water partition coefficient (Wildman–Crippen LogP) is 11.0. The van der Waals surface area contributed by atoms with Gasteiger partial charge in [0.15, 0.2) is 0 Å². The maximum atomic E-state index is 6.47. The quantitative estimate of drug-likeness (QED) is 0.212. The number of furan rings is 2. The molecule has 2 aromatic heterocycles. The third-order valence-electron chi connectivity index (χ3n) is 8.39. The summed E-state index contributed by atoms with van der Waals surface area (Å²) in [5, 5.41) is 4.42. The average Bonchev–Trinajstić information content (AvgIpc) is 3.56. The van der Waals surface area contributed by atoms with E-state index in [-0.39, 0.29) is 0 Å². The highest BCUT2D eigenvalue weighted by Crippen LogP contribution is 2.47. The first-order valence-electron chi connectivity index (χ1n) is 14.5. The maximum Gasteiger partial charge on any atom is 0.245 e. The molecule has 6 aromatic carbocycles. The Labute approximate surface area is 247 Å². The van der Waals surface area contributed by atoms with E-state index in [4.69, 9.17) is 18.3 Å². The van der Waals surface area contributed by atoms with E-state index < -0.39 is 5.79 Å². The lowest BCUT2D eigenvalue weighted by Crippen LogP contribution is -2.34. The Morgan fingerprint density at radius 2 is 0.860 bits per heavy atom. The van der Waals surface area contributed by atoms with Gasteiger partial charge in [-0.3, -0.25) is 0 Å². The molecule has 4 nitrogen and oxygen atoms in total. The average molecular weight is 559 g/mol. The molecule has 0 amide bonds. The number of hydrogen-bond acceptors (Lipinski definition) is 4. The van der Waals surface area contributed by atoms with Crippen molar-refractivity contribution in [1.29, 1.82) is 0 Å². The first-order chi connectivity index (χ1) is 21.0. The van der Waals surface area contributed by atoms with Crippen molar-refractivity contribution in [1.82, 2.24) is 0 Å². The van der Waals surface area contributed by atoms with E-state index in [2.05, 4.69) is 84.9 Å². The lowest BCUT2D eigenvalue weighted by molar-refractivity contribution is -0.0778. The molecule has 1 aliphatic heterocycles. The zero-order valence-corrected chi connectivity index (χ0v) is 23.7. The second-order valence-corrected chi connectivity index (χ2v) is 11.6. The molecule has 0 atom stereocenters. The fraction of sp³-hybridized carbons (Fsp3) is 0.0769. The Balaban J connectivity index is 1.28. The van der Waals surface area contributed by atoms with Gasteiger partial charge >= 0.3 is 0 Å². The van der Waals surface area contributed by atoms with Crippen LogP contribution in [0.5, 0.6) is 11.5 Å². The van der Waals surface area contributed by atoms with E-state index >= 15 is 0 Å². The van der Waals surface area contributed by atoms with Gasteiger partial charge in [0.2, 0.25) is 5.79 Å². The molecule has 206 valence electrons. The van der Waals surface area contributed by atoms with Gasteiger partial charge in [-0.25, -0.2) is 0 Å². The monoisotopic (exact) mass is 558 g/mol. The van der Waals surface area contributed by atoms with Gasteiger partial charge in [-0.2, -0.15) is 0 Å². The summed E-state index contributed by atoms with van der Waals surface area (Å²) in [4.78, 5) is 0. The summed E-state index contributed by atoms with van der Waals surface area (Å²) >= 11 is 0. The highest BCUT2D eigenvalue weighted by molar-refractivity contribution is 6.14. The van der Waals surface area contributed by atoms with Gasteiger partial charge in [-0.05, 0) is 70.8 Å². The van der Waals surface area contributed by atoms with E-state index in [1.165, 1.54) is 0 Å². The van der Waals surface area contributed by atoms with Gasteiger partial charge in [-0.1, -0.05) is 72.8 Å². The number of hydrogen-bond donors (Lipinski definition) is 0. The van der Waals surface area contributed by atoms with Gasteiger partial charge in [0.05, 0.1) is 0 Å². The van der Waals surface area contributed by atoms with Crippen molar-refractivity contribution in [2.45, 2.75) is 19.6 Å².